The molecule has 1 saturated heterocycles. The number of rotatable bonds is 6. The normalized spacial score (nSPS) is 24.9. The Morgan fingerprint density at radius 1 is 1.05 bits per heavy atom. The molecule has 3 fully saturated rings. The third-order valence-electron chi connectivity index (χ3n) is 10.1. The number of hydrogen-bond donors (Lipinski definition) is 1. The zero-order valence-corrected chi connectivity index (χ0v) is 24.6. The van der Waals surface area contributed by atoms with Gasteiger partial charge < -0.3 is 24.5 Å². The minimum absolute atomic E-state index is 0.00857. The molecule has 5 atom stereocenters. The van der Waals surface area contributed by atoms with E-state index in [4.69, 9.17) is 15.5 Å². The van der Waals surface area contributed by atoms with Crippen molar-refractivity contribution in [1.82, 2.24) is 34.0 Å². The van der Waals surface area contributed by atoms with Gasteiger partial charge in [0.25, 0.3) is 5.91 Å². The highest BCUT2D eigenvalue weighted by Gasteiger charge is 2.47. The first-order chi connectivity index (χ1) is 21.0. The van der Waals surface area contributed by atoms with E-state index in [0.717, 1.165) is 84.6 Å². The Morgan fingerprint density at radius 3 is 2.63 bits per heavy atom. The number of nitrogens with two attached hydrogens (primary N) is 1. The summed E-state index contributed by atoms with van der Waals surface area (Å²) in [5.41, 5.74) is 10.6. The van der Waals surface area contributed by atoms with Gasteiger partial charge in [0.05, 0.1) is 18.3 Å². The predicted octanol–water partition coefficient (Wildman–Crippen LogP) is 4.53. The molecule has 220 valence electrons. The topological polar surface area (TPSA) is 117 Å². The quantitative estimate of drug-likeness (QED) is 0.316. The van der Waals surface area contributed by atoms with Gasteiger partial charge >= 0.3 is 0 Å². The predicted molar refractivity (Wildman–Crippen MR) is 164 cm³/mol. The minimum atomic E-state index is 0.00857. The highest BCUT2D eigenvalue weighted by Crippen LogP contribution is 2.42. The number of benzene rings is 1. The molecular formula is C33H36N8O2. The Morgan fingerprint density at radius 2 is 1.88 bits per heavy atom. The molecular weight excluding hydrogens is 540 g/mol. The maximum Gasteiger partial charge on any atom is 0.254 e. The summed E-state index contributed by atoms with van der Waals surface area (Å²) in [5.74, 6) is 3.60. The molecule has 1 aliphatic heterocycles. The van der Waals surface area contributed by atoms with Crippen LogP contribution in [0.5, 0.6) is 5.75 Å². The van der Waals surface area contributed by atoms with Gasteiger partial charge in [0.15, 0.2) is 5.82 Å². The first-order valence-electron chi connectivity index (χ1n) is 15.3. The van der Waals surface area contributed by atoms with Crippen LogP contribution >= 0.6 is 0 Å². The molecule has 0 spiro atoms. The van der Waals surface area contributed by atoms with Gasteiger partial charge in [0.2, 0.25) is 0 Å². The molecule has 2 saturated carbocycles. The van der Waals surface area contributed by atoms with Crippen molar-refractivity contribution in [2.75, 3.05) is 13.7 Å². The van der Waals surface area contributed by atoms with E-state index in [1.54, 1.807) is 7.11 Å². The largest absolute Gasteiger partial charge is 0.494 e. The Kier molecular flexibility index (Phi) is 6.22. The van der Waals surface area contributed by atoms with E-state index in [1.807, 2.05) is 54.8 Å². The summed E-state index contributed by atoms with van der Waals surface area (Å²) in [6, 6.07) is 12.1. The smallest absolute Gasteiger partial charge is 0.254 e. The van der Waals surface area contributed by atoms with Crippen LogP contribution < -0.4 is 10.5 Å². The fourth-order valence-electron chi connectivity index (χ4n) is 7.96. The Balaban J connectivity index is 1.22. The van der Waals surface area contributed by atoms with Gasteiger partial charge in [-0.15, -0.1) is 0 Å². The number of fused-ring (bicyclic) bond motifs is 4. The zero-order chi connectivity index (χ0) is 29.2. The number of likely N-dealkylation sites (tertiary alicyclic amines) is 1. The molecule has 43 heavy (non-hydrogen) atoms. The van der Waals surface area contributed by atoms with Crippen LogP contribution in [0.25, 0.3) is 33.6 Å². The van der Waals surface area contributed by atoms with Gasteiger partial charge in [-0.2, -0.15) is 0 Å². The van der Waals surface area contributed by atoms with Crippen LogP contribution in [-0.2, 0) is 13.6 Å². The van der Waals surface area contributed by atoms with Crippen molar-refractivity contribution in [3.8, 4) is 17.3 Å². The lowest BCUT2D eigenvalue weighted by Crippen LogP contribution is -2.41. The fourth-order valence-corrected chi connectivity index (χ4v) is 7.96. The van der Waals surface area contributed by atoms with Crippen molar-refractivity contribution in [2.45, 2.75) is 56.7 Å². The third kappa shape index (κ3) is 4.22. The number of methoxy groups -OCH3 is 1. The second kappa shape index (κ2) is 10.2. The van der Waals surface area contributed by atoms with Crippen molar-refractivity contribution >= 4 is 28.0 Å². The number of aromatic nitrogens is 6. The monoisotopic (exact) mass is 576 g/mol. The van der Waals surface area contributed by atoms with Gasteiger partial charge in [0, 0.05) is 67.7 Å². The van der Waals surface area contributed by atoms with Crippen LogP contribution in [0.15, 0.2) is 55.0 Å². The summed E-state index contributed by atoms with van der Waals surface area (Å²) < 4.78 is 10.4. The van der Waals surface area contributed by atoms with Crippen LogP contribution in [0.2, 0.25) is 0 Å². The standard InChI is InChI=1S/C33H36N8O2/c1-39-26(15-21-5-3-10-37-31(21)39)32-38-24-14-23(33(42)40-18-22-8-9-25(40)28(22)34)16-27(43-2)29(24)41(32)17-19-6-7-20(13-19)30-35-11-4-12-36-30/h3-5,10-12,14-16,19-20,22,25,28H,6-9,13,17-18,34H2,1-2H3/t19-,20?,22?,25?,28+/m0/s1. The first-order valence-corrected chi connectivity index (χ1v) is 15.3. The summed E-state index contributed by atoms with van der Waals surface area (Å²) >= 11 is 0. The number of hydrogen-bond acceptors (Lipinski definition) is 7. The van der Waals surface area contributed by atoms with Gasteiger partial charge in [-0.1, -0.05) is 0 Å². The summed E-state index contributed by atoms with van der Waals surface area (Å²) in [6.07, 6.45) is 10.7. The number of pyridine rings is 1. The van der Waals surface area contributed by atoms with E-state index in [1.165, 1.54) is 0 Å². The lowest BCUT2D eigenvalue weighted by Gasteiger charge is -2.27. The van der Waals surface area contributed by atoms with Crippen molar-refractivity contribution in [3.05, 3.63) is 66.4 Å². The Labute approximate surface area is 249 Å². The number of carbonyl (C=O) groups is 1. The minimum Gasteiger partial charge on any atom is -0.494 e. The summed E-state index contributed by atoms with van der Waals surface area (Å²) in [4.78, 5) is 34.7. The van der Waals surface area contributed by atoms with Crippen LogP contribution in [0.1, 0.15) is 54.2 Å². The highest BCUT2D eigenvalue weighted by molar-refractivity contribution is 6.00. The maximum atomic E-state index is 13.8. The first kappa shape index (κ1) is 26.3. The highest BCUT2D eigenvalue weighted by atomic mass is 16.5. The molecule has 1 amide bonds. The molecule has 3 unspecified atom stereocenters. The van der Waals surface area contributed by atoms with Gasteiger partial charge in [-0.05, 0) is 80.3 Å². The van der Waals surface area contributed by atoms with E-state index in [2.05, 4.69) is 36.2 Å². The molecule has 1 aromatic carbocycles. The number of carbonyl (C=O) groups excluding carboxylic acids is 1. The fraction of sp³-hybridized carbons (Fsp3) is 0.424. The summed E-state index contributed by atoms with van der Waals surface area (Å²) in [7, 11) is 3.71. The molecule has 2 aliphatic carbocycles. The SMILES string of the molecule is COc1cc(C(=O)N2CC3CCC2[C@@H]3N)cc2nc(-c3cc4cccnc4n3C)n(C[C@H]3CCC(c4ncccn4)C3)c12. The summed E-state index contributed by atoms with van der Waals surface area (Å²) in [6.45, 7) is 1.50. The van der Waals surface area contributed by atoms with E-state index in [0.29, 0.717) is 29.1 Å². The zero-order valence-electron chi connectivity index (χ0n) is 24.6. The molecule has 5 heterocycles. The molecule has 10 nitrogen and oxygen atoms in total. The van der Waals surface area contributed by atoms with Gasteiger partial charge in [-0.25, -0.2) is 19.9 Å². The number of ether oxygens (including phenoxy) is 1. The molecule has 0 radical (unpaired) electrons. The number of amides is 1. The molecule has 2 N–H and O–H groups in total. The van der Waals surface area contributed by atoms with Gasteiger partial charge in [-0.3, -0.25) is 4.79 Å². The Hall–Kier alpha value is -4.31. The number of imidazole rings is 1. The maximum absolute atomic E-state index is 13.8. The van der Waals surface area contributed by atoms with Crippen molar-refractivity contribution in [3.63, 3.8) is 0 Å². The van der Waals surface area contributed by atoms with E-state index in [9.17, 15) is 4.79 Å². The van der Waals surface area contributed by atoms with Crippen LogP contribution in [0, 0.1) is 11.8 Å². The van der Waals surface area contributed by atoms with Crippen LogP contribution in [-0.4, -0.2) is 65.6 Å². The molecule has 3 aliphatic rings. The Bertz CT molecular complexity index is 1850. The van der Waals surface area contributed by atoms with Crippen LogP contribution in [0.3, 0.4) is 0 Å². The second-order valence-electron chi connectivity index (χ2n) is 12.5. The molecule has 2 bridgehead atoms. The number of aryl methyl sites for hydroxylation is 1. The average Bonchev–Trinajstić information content (AvgIpc) is 3.87. The van der Waals surface area contributed by atoms with E-state index in [-0.39, 0.29) is 18.0 Å². The number of nitrogens with zero attached hydrogens (tertiary/aromatic N) is 7. The van der Waals surface area contributed by atoms with E-state index >= 15 is 0 Å². The molecule has 4 aromatic heterocycles. The lowest BCUT2D eigenvalue weighted by molar-refractivity contribution is 0.0700. The molecule has 8 rings (SSSR count). The third-order valence-corrected chi connectivity index (χ3v) is 10.1. The van der Waals surface area contributed by atoms with Gasteiger partial charge in [0.1, 0.15) is 22.7 Å². The average molecular weight is 577 g/mol. The molecule has 10 heteroatoms. The number of piperidine rings is 1. The van der Waals surface area contributed by atoms with Crippen LogP contribution in [0.4, 0.5) is 0 Å². The lowest BCUT2D eigenvalue weighted by atomic mass is 10.0. The second-order valence-corrected chi connectivity index (χ2v) is 12.5. The van der Waals surface area contributed by atoms with Crippen molar-refractivity contribution < 1.29 is 9.53 Å². The molecule has 5 aromatic rings. The summed E-state index contributed by atoms with van der Waals surface area (Å²) in [5, 5.41) is 1.06. The van der Waals surface area contributed by atoms with Crippen molar-refractivity contribution in [2.24, 2.45) is 24.6 Å². The van der Waals surface area contributed by atoms with Crippen molar-refractivity contribution in [1.29, 1.82) is 0 Å². The van der Waals surface area contributed by atoms with E-state index < -0.39 is 0 Å².